The number of aromatic nitrogens is 1. The van der Waals surface area contributed by atoms with Crippen molar-refractivity contribution in [2.24, 2.45) is 0 Å². The molecule has 272 valence electrons. The molecular weight excluding hydrogens is 850 g/mol. The molecule has 0 aliphatic carbocycles. The van der Waals surface area contributed by atoms with Gasteiger partial charge in [0.15, 0.2) is 0 Å². The summed E-state index contributed by atoms with van der Waals surface area (Å²) in [6.07, 6.45) is 1.73. The molecule has 0 N–H and O–H groups in total. The van der Waals surface area contributed by atoms with Crippen molar-refractivity contribution in [1.29, 1.82) is 0 Å². The fourth-order valence-electron chi connectivity index (χ4n) is 7.18. The summed E-state index contributed by atoms with van der Waals surface area (Å²) in [5, 5.41) is 11.1. The molecule has 1 atom stereocenters. The number of rotatable bonds is 6. The van der Waals surface area contributed by atoms with Gasteiger partial charge in [0.25, 0.3) is 0 Å². The normalized spacial score (nSPS) is 14.6. The quantitative estimate of drug-likeness (QED) is 0.123. The Bertz CT molecular complexity index is 2450. The fraction of sp³-hybridized carbons (Fsp3) is 0.283. The van der Waals surface area contributed by atoms with E-state index < -0.39 is 14.0 Å². The van der Waals surface area contributed by atoms with Crippen LogP contribution in [0, 0.1) is 17.9 Å². The first kappa shape index (κ1) is 37.0. The summed E-state index contributed by atoms with van der Waals surface area (Å²) in [4.78, 5) is 6.91. The van der Waals surface area contributed by atoms with Gasteiger partial charge in [-0.15, -0.1) is 41.1 Å². The van der Waals surface area contributed by atoms with Crippen LogP contribution in [0.25, 0.3) is 49.3 Å². The van der Waals surface area contributed by atoms with Gasteiger partial charge in [-0.1, -0.05) is 107 Å². The average Bonchev–Trinajstić information content (AvgIpc) is 3.70. The summed E-state index contributed by atoms with van der Waals surface area (Å²) in [5.74, 6) is -0.533. The molecule has 0 fully saturated rings. The van der Waals surface area contributed by atoms with Gasteiger partial charge < -0.3 is 19.6 Å². The first-order valence-electron chi connectivity index (χ1n) is 18.7. The molecule has 2 aromatic heterocycles. The maximum Gasteiger partial charge on any atom is 3.00 e. The molecule has 7 heteroatoms. The van der Waals surface area contributed by atoms with Crippen molar-refractivity contribution in [1.82, 2.24) is 4.98 Å². The van der Waals surface area contributed by atoms with Crippen LogP contribution in [0.5, 0.6) is 0 Å². The summed E-state index contributed by atoms with van der Waals surface area (Å²) in [6, 6.07) is 36.6. The zero-order valence-electron chi connectivity index (χ0n) is 32.9. The number of hydrogen-bond donors (Lipinski definition) is 0. The van der Waals surface area contributed by atoms with Crippen molar-refractivity contribution in [3.05, 3.63) is 137 Å². The van der Waals surface area contributed by atoms with Crippen LogP contribution in [0.2, 0.25) is 19.6 Å². The Labute approximate surface area is 329 Å². The Morgan fingerprint density at radius 1 is 0.887 bits per heavy atom. The van der Waals surface area contributed by atoms with Crippen molar-refractivity contribution in [3.8, 4) is 11.3 Å². The molecule has 1 aliphatic rings. The Hall–Kier alpha value is -4.29. The van der Waals surface area contributed by atoms with Gasteiger partial charge >= 0.3 is 20.1 Å². The second kappa shape index (κ2) is 15.2. The number of benzene rings is 5. The average molecular weight is 898 g/mol. The minimum atomic E-state index is -1.57. The Morgan fingerprint density at radius 3 is 2.34 bits per heavy atom. The van der Waals surface area contributed by atoms with Crippen LogP contribution in [0.15, 0.2) is 102 Å². The maximum atomic E-state index is 13.0. The first-order chi connectivity index (χ1) is 25.1. The predicted octanol–water partition coefficient (Wildman–Crippen LogP) is 12.9. The Kier molecular flexibility index (Phi) is 10.6. The van der Waals surface area contributed by atoms with Crippen LogP contribution in [0.1, 0.15) is 77.6 Å². The van der Waals surface area contributed by atoms with Crippen molar-refractivity contribution in [2.45, 2.75) is 85.2 Å². The van der Waals surface area contributed by atoms with Gasteiger partial charge in [-0.3, -0.25) is 4.39 Å². The van der Waals surface area contributed by atoms with Crippen LogP contribution in [-0.2, 0) is 20.1 Å². The van der Waals surface area contributed by atoms with Gasteiger partial charge in [-0.05, 0) is 71.2 Å². The van der Waals surface area contributed by atoms with Gasteiger partial charge in [0, 0.05) is 36.1 Å². The van der Waals surface area contributed by atoms with E-state index in [1.54, 1.807) is 6.07 Å². The molecule has 5 aromatic carbocycles. The van der Waals surface area contributed by atoms with Gasteiger partial charge in [-0.25, -0.2) is 0 Å². The molecule has 7 aromatic rings. The maximum absolute atomic E-state index is 13.0. The van der Waals surface area contributed by atoms with E-state index in [4.69, 9.17) is 11.1 Å². The van der Waals surface area contributed by atoms with E-state index in [1.807, 2.05) is 32.2 Å². The van der Waals surface area contributed by atoms with Crippen molar-refractivity contribution < 1.29 is 30.3 Å². The summed E-state index contributed by atoms with van der Waals surface area (Å²) in [6.45, 7) is 19.4. The summed E-state index contributed by atoms with van der Waals surface area (Å²) < 4.78 is 27.9. The molecule has 0 saturated heterocycles. The molecule has 0 radical (unpaired) electrons. The molecule has 1 aliphatic heterocycles. The first-order valence-corrected chi connectivity index (χ1v) is 21.7. The molecule has 1 unspecified atom stereocenters. The second-order valence-electron chi connectivity index (χ2n) is 15.6. The second-order valence-corrected chi connectivity index (χ2v) is 20.6. The van der Waals surface area contributed by atoms with E-state index in [9.17, 15) is 4.39 Å². The number of anilines is 1. The minimum Gasteiger partial charge on any atom is -0.661 e. The predicted molar refractivity (Wildman–Crippen MR) is 220 cm³/mol. The summed E-state index contributed by atoms with van der Waals surface area (Å²) in [5.41, 5.74) is 8.84. The van der Waals surface area contributed by atoms with E-state index in [-0.39, 0.29) is 38.1 Å². The molecule has 8 rings (SSSR count). The monoisotopic (exact) mass is 898 g/mol. The SMILES string of the molecule is CC(C)c1ccc2c(c1)oc1c(C3[N-]c4c(ccc5ccccc45)N3C(C)C)[c-]ccc12.[2H]C(C)(C)c1cc(-c2[c-]cc(F)cc2)ncc1[Si](C)(C)C.[Ir+3]. The van der Waals surface area contributed by atoms with Gasteiger partial charge in [0.05, 0.1) is 8.07 Å². The smallest absolute Gasteiger partial charge is 0.661 e. The zero-order valence-corrected chi connectivity index (χ0v) is 35.3. The van der Waals surface area contributed by atoms with Crippen molar-refractivity contribution in [3.63, 3.8) is 0 Å². The number of hydrogen-bond acceptors (Lipinski definition) is 3. The number of fused-ring (bicyclic) bond motifs is 6. The standard InChI is InChI=1S/C29H26N2O.C17H21FNSi.Ir/c1-17(2)20-12-14-22-23-10-7-11-24(28(23)32-26(22)16-20)29-30-27-21-9-6-5-8-19(21)13-15-25(27)31(29)18(3)4;1-12(2)15-10-16(13-6-8-14(18)9-7-13)19-11-17(15)20(3,4)5;/h5-10,12-18,29H,1-4H3;6,8-12H,1-5H3;/q-2;-1;+3/i;12D;. The Balaban J connectivity index is 0.000000198. The molecule has 4 nitrogen and oxygen atoms in total. The van der Waals surface area contributed by atoms with E-state index in [2.05, 4.69) is 130 Å². The van der Waals surface area contributed by atoms with E-state index in [1.165, 1.54) is 39.3 Å². The molecular formula is C46H47FIrN3OSi. The van der Waals surface area contributed by atoms with Crippen LogP contribution < -0.4 is 10.1 Å². The summed E-state index contributed by atoms with van der Waals surface area (Å²) >= 11 is 0. The number of halogens is 1. The van der Waals surface area contributed by atoms with Crippen LogP contribution in [0.4, 0.5) is 15.8 Å². The fourth-order valence-corrected chi connectivity index (χ4v) is 8.76. The molecule has 53 heavy (non-hydrogen) atoms. The van der Waals surface area contributed by atoms with Crippen LogP contribution in [-0.4, -0.2) is 19.1 Å². The minimum absolute atomic E-state index is 0. The number of nitrogens with zero attached hydrogens (tertiary/aromatic N) is 3. The van der Waals surface area contributed by atoms with Crippen LogP contribution in [0.3, 0.4) is 0 Å². The van der Waals surface area contributed by atoms with Gasteiger partial charge in [-0.2, -0.15) is 18.2 Å². The van der Waals surface area contributed by atoms with E-state index in [0.29, 0.717) is 5.92 Å². The van der Waals surface area contributed by atoms with Crippen molar-refractivity contribution >= 4 is 57.3 Å². The van der Waals surface area contributed by atoms with Gasteiger partial charge in [0.2, 0.25) is 0 Å². The topological polar surface area (TPSA) is 43.4 Å². The molecule has 0 spiro atoms. The van der Waals surface area contributed by atoms with E-state index in [0.717, 1.165) is 50.0 Å². The van der Waals surface area contributed by atoms with Gasteiger partial charge in [0.1, 0.15) is 5.58 Å². The van der Waals surface area contributed by atoms with Crippen LogP contribution >= 0.6 is 0 Å². The third kappa shape index (κ3) is 7.44. The number of pyridine rings is 1. The van der Waals surface area contributed by atoms with E-state index >= 15 is 0 Å². The summed E-state index contributed by atoms with van der Waals surface area (Å²) in [7, 11) is -1.57. The largest absolute Gasteiger partial charge is 3.00 e. The molecule has 0 saturated carbocycles. The molecule has 0 bridgehead atoms. The number of furan rings is 1. The third-order valence-corrected chi connectivity index (χ3v) is 12.0. The molecule has 0 amide bonds. The van der Waals surface area contributed by atoms with Crippen molar-refractivity contribution in [2.75, 3.05) is 4.90 Å². The third-order valence-electron chi connectivity index (χ3n) is 9.94. The molecule has 3 heterocycles. The zero-order chi connectivity index (χ0) is 37.8. The Morgan fingerprint density at radius 2 is 1.66 bits per heavy atom.